The van der Waals surface area contributed by atoms with Crippen molar-refractivity contribution in [3.05, 3.63) is 87.8 Å². The van der Waals surface area contributed by atoms with Crippen LogP contribution in [-0.4, -0.2) is 35.3 Å². The summed E-state index contributed by atoms with van der Waals surface area (Å²) in [7, 11) is 0. The molecule has 6 nitrogen and oxygen atoms in total. The van der Waals surface area contributed by atoms with Crippen LogP contribution in [0.1, 0.15) is 22.6 Å². The van der Waals surface area contributed by atoms with Crippen molar-refractivity contribution in [1.29, 1.82) is 0 Å². The zero-order chi connectivity index (χ0) is 22.0. The highest BCUT2D eigenvalue weighted by Gasteiger charge is 2.24. The Labute approximate surface area is 178 Å². The summed E-state index contributed by atoms with van der Waals surface area (Å²) in [6.45, 7) is 3.53. The minimum absolute atomic E-state index is 0.166. The Morgan fingerprint density at radius 2 is 1.90 bits per heavy atom. The number of rotatable bonds is 5. The largest absolute Gasteiger partial charge is 0.371 e. The Hall–Kier alpha value is -3.55. The first kappa shape index (κ1) is 20.7. The summed E-state index contributed by atoms with van der Waals surface area (Å²) in [4.78, 5) is 27.1. The smallest absolute Gasteiger partial charge is 0.275 e. The second-order valence-corrected chi connectivity index (χ2v) is 7.65. The van der Waals surface area contributed by atoms with Gasteiger partial charge < -0.3 is 10.2 Å². The van der Waals surface area contributed by atoms with Gasteiger partial charge in [-0.25, -0.2) is 13.5 Å². The maximum absolute atomic E-state index is 14.2. The Balaban J connectivity index is 1.44. The molecule has 1 amide bonds. The number of para-hydroxylation sites is 1. The summed E-state index contributed by atoms with van der Waals surface area (Å²) in [6, 6.07) is 13.6. The molecule has 2 aromatic carbocycles. The first-order chi connectivity index (χ1) is 14.9. The predicted octanol–water partition coefficient (Wildman–Crippen LogP) is 3.08. The highest BCUT2D eigenvalue weighted by Crippen LogP contribution is 2.23. The van der Waals surface area contributed by atoms with Crippen LogP contribution >= 0.6 is 0 Å². The van der Waals surface area contributed by atoms with Crippen LogP contribution in [0.5, 0.6) is 0 Å². The standard InChI is InChI=1S/C23H22F2N4O2/c1-15-12-21(30)22(27-29(15)20-5-3-2-4-19(20)25)23(31)26-13-16-10-11-28(14-16)18-8-6-17(24)7-9-18/h2-9,12,16H,10-11,13-14H2,1H3,(H,26,31). The lowest BCUT2D eigenvalue weighted by Gasteiger charge is -2.19. The van der Waals surface area contributed by atoms with Crippen LogP contribution in [0, 0.1) is 24.5 Å². The molecule has 1 N–H and O–H groups in total. The van der Waals surface area contributed by atoms with Crippen molar-refractivity contribution in [2.24, 2.45) is 5.92 Å². The molecule has 0 spiro atoms. The van der Waals surface area contributed by atoms with Gasteiger partial charge in [-0.3, -0.25) is 9.59 Å². The molecule has 0 radical (unpaired) electrons. The van der Waals surface area contributed by atoms with E-state index in [1.807, 2.05) is 0 Å². The molecular weight excluding hydrogens is 402 g/mol. The number of hydrogen-bond acceptors (Lipinski definition) is 4. The van der Waals surface area contributed by atoms with Gasteiger partial charge in [-0.1, -0.05) is 12.1 Å². The molecule has 1 unspecified atom stereocenters. The van der Waals surface area contributed by atoms with E-state index in [2.05, 4.69) is 15.3 Å². The maximum atomic E-state index is 14.2. The Kier molecular flexibility index (Phi) is 5.79. The van der Waals surface area contributed by atoms with E-state index < -0.39 is 17.2 Å². The van der Waals surface area contributed by atoms with Gasteiger partial charge in [0.1, 0.15) is 17.3 Å². The van der Waals surface area contributed by atoms with Crippen LogP contribution in [0.2, 0.25) is 0 Å². The van der Waals surface area contributed by atoms with Crippen LogP contribution in [0.15, 0.2) is 59.4 Å². The molecule has 0 saturated carbocycles. The molecule has 1 atom stereocenters. The lowest BCUT2D eigenvalue weighted by molar-refractivity contribution is 0.0940. The van der Waals surface area contributed by atoms with Crippen molar-refractivity contribution in [3.63, 3.8) is 0 Å². The fraction of sp³-hybridized carbons (Fsp3) is 0.261. The van der Waals surface area contributed by atoms with Gasteiger partial charge in [-0.05, 0) is 55.7 Å². The SMILES string of the molecule is Cc1cc(=O)c(C(=O)NCC2CCN(c3ccc(F)cc3)C2)nn1-c1ccccc1F. The number of anilines is 1. The van der Waals surface area contributed by atoms with Gasteiger partial charge in [0.2, 0.25) is 5.43 Å². The third-order valence-electron chi connectivity index (χ3n) is 5.43. The quantitative estimate of drug-likeness (QED) is 0.684. The van der Waals surface area contributed by atoms with E-state index >= 15 is 0 Å². The van der Waals surface area contributed by atoms with Crippen molar-refractivity contribution in [1.82, 2.24) is 15.1 Å². The second kappa shape index (κ2) is 8.67. The van der Waals surface area contributed by atoms with Gasteiger partial charge in [0, 0.05) is 37.1 Å². The van der Waals surface area contributed by atoms with Crippen molar-refractivity contribution in [2.75, 3.05) is 24.5 Å². The molecule has 0 bridgehead atoms. The predicted molar refractivity (Wildman–Crippen MR) is 114 cm³/mol. The number of benzene rings is 2. The fourth-order valence-electron chi connectivity index (χ4n) is 3.78. The van der Waals surface area contributed by atoms with E-state index in [-0.39, 0.29) is 23.1 Å². The summed E-state index contributed by atoms with van der Waals surface area (Å²) >= 11 is 0. The minimum atomic E-state index is -0.588. The molecule has 3 aromatic rings. The van der Waals surface area contributed by atoms with Gasteiger partial charge in [-0.2, -0.15) is 5.10 Å². The first-order valence-electron chi connectivity index (χ1n) is 10.1. The normalized spacial score (nSPS) is 15.8. The van der Waals surface area contributed by atoms with Gasteiger partial charge in [0.05, 0.1) is 0 Å². The lowest BCUT2D eigenvalue weighted by Crippen LogP contribution is -2.35. The highest BCUT2D eigenvalue weighted by atomic mass is 19.1. The molecule has 8 heteroatoms. The summed E-state index contributed by atoms with van der Waals surface area (Å²) in [5.41, 5.74) is 0.740. The number of aromatic nitrogens is 2. The summed E-state index contributed by atoms with van der Waals surface area (Å²) in [6.07, 6.45) is 0.860. The van der Waals surface area contributed by atoms with Crippen LogP contribution < -0.4 is 15.6 Å². The number of carbonyl (C=O) groups excluding carboxylic acids is 1. The third kappa shape index (κ3) is 4.47. The average Bonchev–Trinajstić information content (AvgIpc) is 3.22. The fourth-order valence-corrected chi connectivity index (χ4v) is 3.78. The average molecular weight is 424 g/mol. The number of halogens is 2. The minimum Gasteiger partial charge on any atom is -0.371 e. The zero-order valence-corrected chi connectivity index (χ0v) is 17.0. The van der Waals surface area contributed by atoms with Gasteiger partial charge in [0.25, 0.3) is 5.91 Å². The van der Waals surface area contributed by atoms with Crippen LogP contribution in [0.4, 0.5) is 14.5 Å². The van der Waals surface area contributed by atoms with Crippen LogP contribution in [0.3, 0.4) is 0 Å². The molecule has 1 aromatic heterocycles. The van der Waals surface area contributed by atoms with Gasteiger partial charge in [0.15, 0.2) is 5.69 Å². The highest BCUT2D eigenvalue weighted by molar-refractivity contribution is 5.92. The number of hydrogen-bond donors (Lipinski definition) is 1. The Morgan fingerprint density at radius 1 is 1.16 bits per heavy atom. The van der Waals surface area contributed by atoms with E-state index in [1.165, 1.54) is 35.0 Å². The molecule has 1 aliphatic heterocycles. The second-order valence-electron chi connectivity index (χ2n) is 7.65. The van der Waals surface area contributed by atoms with Crippen molar-refractivity contribution < 1.29 is 13.6 Å². The molecular formula is C23H22F2N4O2. The molecule has 1 aliphatic rings. The molecule has 2 heterocycles. The van der Waals surface area contributed by atoms with Crippen molar-refractivity contribution in [2.45, 2.75) is 13.3 Å². The van der Waals surface area contributed by atoms with Crippen molar-refractivity contribution in [3.8, 4) is 5.69 Å². The summed E-state index contributed by atoms with van der Waals surface area (Å²) in [5, 5.41) is 6.91. The monoisotopic (exact) mass is 424 g/mol. The molecule has 4 rings (SSSR count). The molecule has 1 fully saturated rings. The molecule has 0 aliphatic carbocycles. The third-order valence-corrected chi connectivity index (χ3v) is 5.43. The summed E-state index contributed by atoms with van der Waals surface area (Å²) < 4.78 is 28.6. The van der Waals surface area contributed by atoms with Gasteiger partial charge in [-0.15, -0.1) is 0 Å². The molecule has 31 heavy (non-hydrogen) atoms. The van der Waals surface area contributed by atoms with Crippen molar-refractivity contribution >= 4 is 11.6 Å². The number of aryl methyl sites for hydroxylation is 1. The van der Waals surface area contributed by atoms with E-state index in [1.54, 1.807) is 31.2 Å². The molecule has 160 valence electrons. The molecule has 1 saturated heterocycles. The summed E-state index contributed by atoms with van der Waals surface area (Å²) in [5.74, 6) is -1.18. The maximum Gasteiger partial charge on any atom is 0.275 e. The number of nitrogens with zero attached hydrogens (tertiary/aromatic N) is 3. The van der Waals surface area contributed by atoms with E-state index in [0.29, 0.717) is 18.8 Å². The zero-order valence-electron chi connectivity index (χ0n) is 17.0. The van der Waals surface area contributed by atoms with Crippen LogP contribution in [0.25, 0.3) is 5.69 Å². The number of amides is 1. The number of nitrogens with one attached hydrogen (secondary N) is 1. The Morgan fingerprint density at radius 3 is 2.65 bits per heavy atom. The van der Waals surface area contributed by atoms with E-state index in [0.717, 1.165) is 18.7 Å². The van der Waals surface area contributed by atoms with Gasteiger partial charge >= 0.3 is 0 Å². The number of carbonyl (C=O) groups is 1. The lowest BCUT2D eigenvalue weighted by atomic mass is 10.1. The topological polar surface area (TPSA) is 67.2 Å². The van der Waals surface area contributed by atoms with Crippen LogP contribution in [-0.2, 0) is 0 Å². The van der Waals surface area contributed by atoms with E-state index in [9.17, 15) is 18.4 Å². The van der Waals surface area contributed by atoms with E-state index in [4.69, 9.17) is 0 Å². The Bertz CT molecular complexity index is 1160. The first-order valence-corrected chi connectivity index (χ1v) is 10.1.